The Morgan fingerprint density at radius 1 is 1.31 bits per heavy atom. The second-order valence-corrected chi connectivity index (χ2v) is 5.40. The molecule has 0 aliphatic heterocycles. The number of hydrogen-bond acceptors (Lipinski definition) is 5. The normalized spacial score (nSPS) is 10.7. The molecule has 0 spiro atoms. The number of hydrogen-bond donors (Lipinski definition) is 1. The summed E-state index contributed by atoms with van der Waals surface area (Å²) in [6.07, 6.45) is 0. The molecule has 2 aromatic carbocycles. The van der Waals surface area contributed by atoms with Crippen molar-refractivity contribution >= 4 is 5.91 Å². The van der Waals surface area contributed by atoms with Crippen LogP contribution in [0.25, 0.3) is 5.69 Å². The third kappa shape index (κ3) is 3.32. The lowest BCUT2D eigenvalue weighted by Gasteiger charge is -2.07. The Labute approximate surface area is 145 Å². The topological polar surface area (TPSA) is 100 Å². The first-order chi connectivity index (χ1) is 12.4. The molecule has 0 saturated carbocycles. The lowest BCUT2D eigenvalue weighted by atomic mass is 10.2. The molecule has 0 bridgehead atoms. The Morgan fingerprint density at radius 2 is 2.08 bits per heavy atom. The number of benzene rings is 2. The van der Waals surface area contributed by atoms with Crippen LogP contribution in [0, 0.1) is 18.6 Å². The number of primary amides is 1. The summed E-state index contributed by atoms with van der Waals surface area (Å²) < 4.78 is 38.7. The van der Waals surface area contributed by atoms with Crippen LogP contribution in [0.2, 0.25) is 0 Å². The van der Waals surface area contributed by atoms with Crippen molar-refractivity contribution in [3.63, 3.8) is 0 Å². The van der Waals surface area contributed by atoms with Gasteiger partial charge in [-0.15, -0.1) is 5.10 Å². The van der Waals surface area contributed by atoms with Gasteiger partial charge in [0.2, 0.25) is 0 Å². The van der Waals surface area contributed by atoms with Crippen LogP contribution in [0.15, 0.2) is 45.6 Å². The van der Waals surface area contributed by atoms with Crippen LogP contribution in [-0.4, -0.2) is 15.7 Å². The van der Waals surface area contributed by atoms with Crippen molar-refractivity contribution < 1.29 is 22.7 Å². The predicted octanol–water partition coefficient (Wildman–Crippen LogP) is 2.09. The summed E-state index contributed by atoms with van der Waals surface area (Å²) >= 11 is 0. The van der Waals surface area contributed by atoms with Crippen molar-refractivity contribution in [1.82, 2.24) is 9.78 Å². The van der Waals surface area contributed by atoms with Gasteiger partial charge in [-0.3, -0.25) is 4.79 Å². The lowest BCUT2D eigenvalue weighted by molar-refractivity contribution is 0.0991. The number of nitrogens with two attached hydrogens (primary N) is 1. The van der Waals surface area contributed by atoms with Crippen molar-refractivity contribution in [2.24, 2.45) is 5.73 Å². The summed E-state index contributed by atoms with van der Waals surface area (Å²) in [4.78, 5) is 23.0. The van der Waals surface area contributed by atoms with Crippen LogP contribution < -0.4 is 16.2 Å². The smallest absolute Gasteiger partial charge is 0.442 e. The maximum atomic E-state index is 14.1. The lowest BCUT2D eigenvalue weighted by Crippen LogP contribution is -2.16. The van der Waals surface area contributed by atoms with E-state index >= 15 is 0 Å². The molecule has 7 nitrogen and oxygen atoms in total. The summed E-state index contributed by atoms with van der Waals surface area (Å²) in [5, 5.41) is 3.97. The van der Waals surface area contributed by atoms with Gasteiger partial charge in [0.15, 0.2) is 18.2 Å². The van der Waals surface area contributed by atoms with Gasteiger partial charge in [-0.05, 0) is 36.8 Å². The van der Waals surface area contributed by atoms with Gasteiger partial charge < -0.3 is 14.9 Å². The molecule has 0 aliphatic carbocycles. The van der Waals surface area contributed by atoms with Crippen LogP contribution in [0.1, 0.15) is 21.8 Å². The van der Waals surface area contributed by atoms with Crippen LogP contribution in [0.4, 0.5) is 8.78 Å². The summed E-state index contributed by atoms with van der Waals surface area (Å²) in [5.41, 5.74) is 5.45. The summed E-state index contributed by atoms with van der Waals surface area (Å²) in [7, 11) is 0. The number of ether oxygens (including phenoxy) is 1. The van der Waals surface area contributed by atoms with Crippen LogP contribution in [0.5, 0.6) is 5.75 Å². The molecular formula is C17H13F2N3O4. The minimum Gasteiger partial charge on any atom is -0.481 e. The number of halogens is 2. The number of rotatable bonds is 5. The first-order valence-electron chi connectivity index (χ1n) is 7.43. The molecule has 0 unspecified atom stereocenters. The van der Waals surface area contributed by atoms with E-state index in [9.17, 15) is 18.4 Å². The van der Waals surface area contributed by atoms with E-state index in [-0.39, 0.29) is 5.89 Å². The Bertz CT molecular complexity index is 1040. The number of nitrogens with zero attached hydrogens (tertiary/aromatic N) is 2. The summed E-state index contributed by atoms with van der Waals surface area (Å²) in [6, 6.07) is 8.84. The fourth-order valence-electron chi connectivity index (χ4n) is 2.31. The Morgan fingerprint density at radius 3 is 2.77 bits per heavy atom. The van der Waals surface area contributed by atoms with E-state index in [0.717, 1.165) is 22.4 Å². The maximum Gasteiger partial charge on any atom is 0.442 e. The fraction of sp³-hybridized carbons (Fsp3) is 0.118. The van der Waals surface area contributed by atoms with Gasteiger partial charge in [-0.25, -0.2) is 13.6 Å². The van der Waals surface area contributed by atoms with Crippen molar-refractivity contribution in [2.75, 3.05) is 0 Å². The molecular weight excluding hydrogens is 348 g/mol. The third-order valence-electron chi connectivity index (χ3n) is 3.49. The largest absolute Gasteiger partial charge is 0.481 e. The fourth-order valence-corrected chi connectivity index (χ4v) is 2.31. The highest BCUT2D eigenvalue weighted by Gasteiger charge is 2.20. The SMILES string of the molecule is Cc1cccc(-n2nc(COc3ccc(F)c(C(N)=O)c3F)oc2=O)c1. The standard InChI is InChI=1S/C17H13F2N3O4/c1-9-3-2-4-10(7-9)22-17(24)26-13(21-22)8-25-12-6-5-11(18)14(15(12)19)16(20)23/h2-7H,8H2,1H3,(H2,20,23). The van der Waals surface area contributed by atoms with Gasteiger partial charge in [0, 0.05) is 0 Å². The van der Waals surface area contributed by atoms with Crippen molar-refractivity contribution in [3.8, 4) is 11.4 Å². The molecule has 3 aromatic rings. The average Bonchev–Trinajstić information content (AvgIpc) is 2.95. The molecule has 0 fully saturated rings. The second-order valence-electron chi connectivity index (χ2n) is 5.40. The van der Waals surface area contributed by atoms with Crippen molar-refractivity contribution in [1.29, 1.82) is 0 Å². The van der Waals surface area contributed by atoms with E-state index in [0.29, 0.717) is 5.69 Å². The zero-order valence-corrected chi connectivity index (χ0v) is 13.5. The highest BCUT2D eigenvalue weighted by Crippen LogP contribution is 2.23. The highest BCUT2D eigenvalue weighted by atomic mass is 19.1. The zero-order valence-electron chi connectivity index (χ0n) is 13.5. The number of aromatic nitrogens is 2. The number of carbonyl (C=O) groups is 1. The quantitative estimate of drug-likeness (QED) is 0.750. The van der Waals surface area contributed by atoms with Crippen molar-refractivity contribution in [3.05, 3.63) is 75.6 Å². The molecule has 2 N–H and O–H groups in total. The third-order valence-corrected chi connectivity index (χ3v) is 3.49. The number of carbonyl (C=O) groups excluding carboxylic acids is 1. The molecule has 26 heavy (non-hydrogen) atoms. The predicted molar refractivity (Wildman–Crippen MR) is 86.0 cm³/mol. The number of aryl methyl sites for hydroxylation is 1. The van der Waals surface area contributed by atoms with E-state index in [1.807, 2.05) is 13.0 Å². The van der Waals surface area contributed by atoms with Gasteiger partial charge in [0.1, 0.15) is 11.4 Å². The Balaban J connectivity index is 1.84. The molecule has 0 atom stereocenters. The second kappa shape index (κ2) is 6.79. The van der Waals surface area contributed by atoms with E-state index < -0.39 is 41.2 Å². The van der Waals surface area contributed by atoms with Gasteiger partial charge in [-0.2, -0.15) is 4.68 Å². The van der Waals surface area contributed by atoms with Crippen LogP contribution in [0.3, 0.4) is 0 Å². The molecule has 134 valence electrons. The maximum absolute atomic E-state index is 14.1. The van der Waals surface area contributed by atoms with Crippen molar-refractivity contribution in [2.45, 2.75) is 13.5 Å². The minimum atomic E-state index is -1.26. The highest BCUT2D eigenvalue weighted by molar-refractivity contribution is 5.93. The van der Waals surface area contributed by atoms with E-state index in [1.165, 1.54) is 0 Å². The average molecular weight is 361 g/mol. The molecule has 0 aliphatic rings. The van der Waals surface area contributed by atoms with E-state index in [4.69, 9.17) is 14.9 Å². The Kier molecular flexibility index (Phi) is 4.53. The Hall–Kier alpha value is -3.49. The molecule has 0 radical (unpaired) electrons. The molecule has 0 saturated heterocycles. The van der Waals surface area contributed by atoms with Gasteiger partial charge in [-0.1, -0.05) is 12.1 Å². The monoisotopic (exact) mass is 361 g/mol. The van der Waals surface area contributed by atoms with Crippen LogP contribution >= 0.6 is 0 Å². The molecule has 9 heteroatoms. The van der Waals surface area contributed by atoms with E-state index in [2.05, 4.69) is 5.10 Å². The zero-order chi connectivity index (χ0) is 18.8. The molecule has 1 aromatic heterocycles. The van der Waals surface area contributed by atoms with Gasteiger partial charge in [0.05, 0.1) is 5.69 Å². The van der Waals surface area contributed by atoms with Gasteiger partial charge >= 0.3 is 5.76 Å². The number of amides is 1. The minimum absolute atomic E-state index is 0.124. The first kappa shape index (κ1) is 17.3. The van der Waals surface area contributed by atoms with E-state index in [1.54, 1.807) is 18.2 Å². The van der Waals surface area contributed by atoms with Gasteiger partial charge in [0.25, 0.3) is 11.8 Å². The summed E-state index contributed by atoms with van der Waals surface area (Å²) in [5.74, 6) is -4.89. The first-order valence-corrected chi connectivity index (χ1v) is 7.43. The molecule has 1 amide bonds. The molecule has 3 rings (SSSR count). The summed E-state index contributed by atoms with van der Waals surface area (Å²) in [6.45, 7) is 1.45. The molecule has 1 heterocycles. The van der Waals surface area contributed by atoms with Crippen LogP contribution in [-0.2, 0) is 6.61 Å².